The zero-order valence-corrected chi connectivity index (χ0v) is 13.7. The van der Waals surface area contributed by atoms with E-state index in [4.69, 9.17) is 5.73 Å². The SMILES string of the molecule is Cc1cc(Br)cnc1N1CCN(c2ccccc2N)CC1. The molecule has 1 fully saturated rings. The summed E-state index contributed by atoms with van der Waals surface area (Å²) in [5.74, 6) is 1.08. The van der Waals surface area contributed by atoms with Crippen molar-refractivity contribution in [1.29, 1.82) is 0 Å². The van der Waals surface area contributed by atoms with Gasteiger partial charge in [-0.1, -0.05) is 12.1 Å². The molecule has 2 aromatic rings. The van der Waals surface area contributed by atoms with E-state index in [1.807, 2.05) is 24.4 Å². The van der Waals surface area contributed by atoms with Crippen molar-refractivity contribution in [2.75, 3.05) is 41.7 Å². The van der Waals surface area contributed by atoms with Crippen LogP contribution in [0.4, 0.5) is 17.2 Å². The minimum Gasteiger partial charge on any atom is -0.397 e. The molecule has 4 nitrogen and oxygen atoms in total. The lowest BCUT2D eigenvalue weighted by Crippen LogP contribution is -2.47. The standard InChI is InChI=1S/C16H19BrN4/c1-12-10-13(17)11-19-16(12)21-8-6-20(7-9-21)15-5-3-2-4-14(15)18/h2-5,10-11H,6-9,18H2,1H3. The number of rotatable bonds is 2. The number of aryl methyl sites for hydroxylation is 1. The number of nitrogens with two attached hydrogens (primary N) is 1. The van der Waals surface area contributed by atoms with Gasteiger partial charge in [-0.2, -0.15) is 0 Å². The second-order valence-electron chi connectivity index (χ2n) is 5.33. The predicted molar refractivity (Wildman–Crippen MR) is 92.0 cm³/mol. The number of hydrogen-bond acceptors (Lipinski definition) is 4. The molecular formula is C16H19BrN4. The molecule has 1 aromatic heterocycles. The molecule has 0 atom stereocenters. The second kappa shape index (κ2) is 5.93. The van der Waals surface area contributed by atoms with Gasteiger partial charge >= 0.3 is 0 Å². The van der Waals surface area contributed by atoms with Crippen molar-refractivity contribution in [2.24, 2.45) is 0 Å². The van der Waals surface area contributed by atoms with Crippen molar-refractivity contribution < 1.29 is 0 Å². The highest BCUT2D eigenvalue weighted by molar-refractivity contribution is 9.10. The van der Waals surface area contributed by atoms with Gasteiger partial charge in [-0.3, -0.25) is 0 Å². The molecule has 1 aliphatic heterocycles. The fraction of sp³-hybridized carbons (Fsp3) is 0.312. The highest BCUT2D eigenvalue weighted by Gasteiger charge is 2.20. The number of hydrogen-bond donors (Lipinski definition) is 1. The van der Waals surface area contributed by atoms with Crippen molar-refractivity contribution in [1.82, 2.24) is 4.98 Å². The normalized spacial score (nSPS) is 15.3. The van der Waals surface area contributed by atoms with Gasteiger partial charge in [0.05, 0.1) is 11.4 Å². The van der Waals surface area contributed by atoms with Crippen LogP contribution in [-0.4, -0.2) is 31.2 Å². The first-order chi connectivity index (χ1) is 10.1. The first-order valence-electron chi connectivity index (χ1n) is 7.11. The largest absolute Gasteiger partial charge is 0.397 e. The minimum absolute atomic E-state index is 0.851. The van der Waals surface area contributed by atoms with E-state index in [0.717, 1.165) is 47.8 Å². The Morgan fingerprint density at radius 1 is 1.10 bits per heavy atom. The van der Waals surface area contributed by atoms with Crippen LogP contribution in [0.2, 0.25) is 0 Å². The monoisotopic (exact) mass is 346 g/mol. The van der Waals surface area contributed by atoms with E-state index in [1.165, 1.54) is 5.56 Å². The molecule has 3 rings (SSSR count). The van der Waals surface area contributed by atoms with Crippen LogP contribution in [-0.2, 0) is 0 Å². The zero-order chi connectivity index (χ0) is 14.8. The van der Waals surface area contributed by atoms with Crippen LogP contribution < -0.4 is 15.5 Å². The molecule has 0 unspecified atom stereocenters. The van der Waals surface area contributed by atoms with Gasteiger partial charge in [-0.05, 0) is 46.6 Å². The van der Waals surface area contributed by atoms with Gasteiger partial charge in [-0.15, -0.1) is 0 Å². The van der Waals surface area contributed by atoms with E-state index in [1.54, 1.807) is 0 Å². The van der Waals surface area contributed by atoms with Crippen LogP contribution in [0.1, 0.15) is 5.56 Å². The molecule has 1 saturated heterocycles. The van der Waals surface area contributed by atoms with Crippen LogP contribution in [0.5, 0.6) is 0 Å². The van der Waals surface area contributed by atoms with Crippen molar-refractivity contribution >= 4 is 33.1 Å². The number of aromatic nitrogens is 1. The average molecular weight is 347 g/mol. The Morgan fingerprint density at radius 3 is 2.43 bits per heavy atom. The molecule has 0 amide bonds. The summed E-state index contributed by atoms with van der Waals surface area (Å²) in [6.45, 7) is 5.96. The van der Waals surface area contributed by atoms with Gasteiger partial charge in [0.25, 0.3) is 0 Å². The summed E-state index contributed by atoms with van der Waals surface area (Å²) in [7, 11) is 0. The third-order valence-corrected chi connectivity index (χ3v) is 4.31. The molecule has 1 aliphatic rings. The Kier molecular flexibility index (Phi) is 4.01. The van der Waals surface area contributed by atoms with Gasteiger partial charge in [-0.25, -0.2) is 4.98 Å². The number of para-hydroxylation sites is 2. The average Bonchev–Trinajstić information content (AvgIpc) is 2.48. The molecule has 110 valence electrons. The molecule has 0 saturated carbocycles. The van der Waals surface area contributed by atoms with Gasteiger partial charge in [0.2, 0.25) is 0 Å². The fourth-order valence-electron chi connectivity index (χ4n) is 2.80. The summed E-state index contributed by atoms with van der Waals surface area (Å²) >= 11 is 3.47. The van der Waals surface area contributed by atoms with Crippen LogP contribution in [0.25, 0.3) is 0 Å². The molecule has 0 radical (unpaired) electrons. The lowest BCUT2D eigenvalue weighted by atomic mass is 10.2. The fourth-order valence-corrected chi connectivity index (χ4v) is 3.24. The summed E-state index contributed by atoms with van der Waals surface area (Å²) in [6, 6.07) is 10.2. The van der Waals surface area contributed by atoms with E-state index >= 15 is 0 Å². The highest BCUT2D eigenvalue weighted by Crippen LogP contribution is 2.26. The molecular weight excluding hydrogens is 328 g/mol. The zero-order valence-electron chi connectivity index (χ0n) is 12.1. The molecule has 2 heterocycles. The topological polar surface area (TPSA) is 45.4 Å². The Bertz CT molecular complexity index is 636. The smallest absolute Gasteiger partial charge is 0.131 e. The minimum atomic E-state index is 0.851. The van der Waals surface area contributed by atoms with E-state index in [-0.39, 0.29) is 0 Å². The number of halogens is 1. The summed E-state index contributed by atoms with van der Waals surface area (Å²) in [5, 5.41) is 0. The molecule has 2 N–H and O–H groups in total. The maximum Gasteiger partial charge on any atom is 0.131 e. The predicted octanol–water partition coefficient (Wildman–Crippen LogP) is 3.06. The number of nitrogen functional groups attached to an aromatic ring is 1. The lowest BCUT2D eigenvalue weighted by Gasteiger charge is -2.37. The van der Waals surface area contributed by atoms with Gasteiger partial charge < -0.3 is 15.5 Å². The van der Waals surface area contributed by atoms with Gasteiger partial charge in [0, 0.05) is 36.8 Å². The van der Waals surface area contributed by atoms with Gasteiger partial charge in [0.15, 0.2) is 0 Å². The summed E-state index contributed by atoms with van der Waals surface area (Å²) in [6.07, 6.45) is 1.86. The maximum atomic E-state index is 6.07. The Labute approximate surface area is 133 Å². The lowest BCUT2D eigenvalue weighted by molar-refractivity contribution is 0.646. The molecule has 5 heteroatoms. The summed E-state index contributed by atoms with van der Waals surface area (Å²) < 4.78 is 1.03. The number of piperazine rings is 1. The quantitative estimate of drug-likeness (QED) is 0.849. The molecule has 0 bridgehead atoms. The molecule has 1 aromatic carbocycles. The Hall–Kier alpha value is -1.75. The van der Waals surface area contributed by atoms with Crippen molar-refractivity contribution in [3.8, 4) is 0 Å². The Balaban J connectivity index is 1.72. The van der Waals surface area contributed by atoms with Crippen LogP contribution in [0.15, 0.2) is 41.0 Å². The first-order valence-corrected chi connectivity index (χ1v) is 7.91. The summed E-state index contributed by atoms with van der Waals surface area (Å²) in [5.41, 5.74) is 9.26. The second-order valence-corrected chi connectivity index (χ2v) is 6.24. The number of nitrogens with zero attached hydrogens (tertiary/aromatic N) is 3. The van der Waals surface area contributed by atoms with E-state index in [0.29, 0.717) is 0 Å². The van der Waals surface area contributed by atoms with Crippen LogP contribution in [0, 0.1) is 6.92 Å². The van der Waals surface area contributed by atoms with Gasteiger partial charge in [0.1, 0.15) is 5.82 Å². The van der Waals surface area contributed by atoms with E-state index in [2.05, 4.69) is 49.8 Å². The highest BCUT2D eigenvalue weighted by atomic mass is 79.9. The van der Waals surface area contributed by atoms with Crippen LogP contribution >= 0.6 is 15.9 Å². The molecule has 0 spiro atoms. The number of anilines is 3. The van der Waals surface area contributed by atoms with E-state index in [9.17, 15) is 0 Å². The third-order valence-electron chi connectivity index (χ3n) is 3.87. The van der Waals surface area contributed by atoms with E-state index < -0.39 is 0 Å². The Morgan fingerprint density at radius 2 is 1.76 bits per heavy atom. The van der Waals surface area contributed by atoms with Crippen LogP contribution in [0.3, 0.4) is 0 Å². The van der Waals surface area contributed by atoms with Crippen molar-refractivity contribution in [3.63, 3.8) is 0 Å². The molecule has 21 heavy (non-hydrogen) atoms. The third kappa shape index (κ3) is 2.97. The number of benzene rings is 1. The van der Waals surface area contributed by atoms with Crippen molar-refractivity contribution in [2.45, 2.75) is 6.92 Å². The number of pyridine rings is 1. The summed E-state index contributed by atoms with van der Waals surface area (Å²) in [4.78, 5) is 9.24. The molecule has 0 aliphatic carbocycles. The van der Waals surface area contributed by atoms with Crippen molar-refractivity contribution in [3.05, 3.63) is 46.6 Å². The first kappa shape index (κ1) is 14.2. The maximum absolute atomic E-state index is 6.07.